The number of hydrogen-bond acceptors (Lipinski definition) is 12. The fourth-order valence-electron chi connectivity index (χ4n) is 20.1. The van der Waals surface area contributed by atoms with Crippen LogP contribution in [0.15, 0.2) is 382 Å². The van der Waals surface area contributed by atoms with E-state index in [1.165, 1.54) is 52.5 Å². The van der Waals surface area contributed by atoms with Crippen LogP contribution in [-0.2, 0) is 0 Å². The number of nitrogens with zero attached hydrogens (tertiary/aromatic N) is 6. The van der Waals surface area contributed by atoms with Gasteiger partial charge in [0.05, 0.1) is 0 Å². The zero-order valence-corrected chi connectivity index (χ0v) is 68.4. The molecule has 0 aliphatic heterocycles. The van der Waals surface area contributed by atoms with Crippen LogP contribution in [0.3, 0.4) is 0 Å². The van der Waals surface area contributed by atoms with E-state index in [2.05, 4.69) is 303 Å². The van der Waals surface area contributed by atoms with Crippen molar-refractivity contribution in [1.29, 1.82) is 0 Å². The Kier molecular flexibility index (Phi) is 14.6. The standard InChI is InChI=1S/C114H60N6O4S2/c1-2-19-71-69(17-1)70-18-3-5-21-73(70)90-55-65(40-46-75(71)90)109-115-111(119-113(117-109)87-29-15-35-98-106(87)84-24-8-11-32-95(84)121-98)67-44-52-103-93(57-67)83-28-13-27-82(108(83)126-103)81-26-14-34-97-105(81)86-50-39-64(59-101(86)124-97)61-37-45-77-89(53-61)74-22-6-4-20-72(74)76-47-41-66(56-91(76)77)110-116-112(120-114(118-110)88-30-16-36-99-107(88)85-25-9-12-33-96(85)122-99)68-42-49-80-92-54-62(43-51-102(92)125-104(80)60-68)63-38-48-79-78-23-7-10-31-94(78)123-100(79)58-63/h1-60H. The van der Waals surface area contributed by atoms with E-state index in [1.54, 1.807) is 22.7 Å². The smallest absolute Gasteiger partial charge is 0.164 e. The van der Waals surface area contributed by atoms with Crippen molar-refractivity contribution in [3.8, 4) is 102 Å². The van der Waals surface area contributed by atoms with Crippen molar-refractivity contribution in [3.63, 3.8) is 0 Å². The third-order valence-electron chi connectivity index (χ3n) is 26.0. The quantitative estimate of drug-likeness (QED) is 0.129. The number of para-hydroxylation sites is 3. The van der Waals surface area contributed by atoms with Crippen LogP contribution in [0.25, 0.3) is 294 Å². The molecule has 20 aromatic carbocycles. The molecule has 0 unspecified atom stereocenters. The molecule has 582 valence electrons. The van der Waals surface area contributed by atoms with Crippen molar-refractivity contribution < 1.29 is 17.7 Å². The first-order valence-electron chi connectivity index (χ1n) is 42.2. The maximum absolute atomic E-state index is 6.99. The molecular formula is C114H60N6O4S2. The highest BCUT2D eigenvalue weighted by Crippen LogP contribution is 2.50. The van der Waals surface area contributed by atoms with Crippen LogP contribution < -0.4 is 0 Å². The van der Waals surface area contributed by atoms with Crippen molar-refractivity contribution in [2.75, 3.05) is 0 Å². The summed E-state index contributed by atoms with van der Waals surface area (Å²) >= 11 is 3.58. The van der Waals surface area contributed by atoms with E-state index in [0.29, 0.717) is 34.9 Å². The van der Waals surface area contributed by atoms with Gasteiger partial charge in [-0.05, 0) is 208 Å². The summed E-state index contributed by atoms with van der Waals surface area (Å²) in [5.74, 6) is 3.43. The van der Waals surface area contributed by atoms with Gasteiger partial charge in [0.2, 0.25) is 0 Å². The average molecular weight is 1640 g/mol. The Bertz CT molecular complexity index is 9650. The Hall–Kier alpha value is -16.4. The third-order valence-corrected chi connectivity index (χ3v) is 28.3. The van der Waals surface area contributed by atoms with Gasteiger partial charge in [0.1, 0.15) is 44.7 Å². The first kappa shape index (κ1) is 69.3. The largest absolute Gasteiger partial charge is 0.456 e. The number of aromatic nitrogens is 6. The van der Waals surface area contributed by atoms with Gasteiger partial charge in [0.15, 0.2) is 34.9 Å². The van der Waals surface area contributed by atoms with Crippen molar-refractivity contribution in [3.05, 3.63) is 364 Å². The van der Waals surface area contributed by atoms with Gasteiger partial charge in [0.25, 0.3) is 0 Å². The second kappa shape index (κ2) is 26.6. The van der Waals surface area contributed by atoms with Crippen LogP contribution in [0.5, 0.6) is 0 Å². The van der Waals surface area contributed by atoms with E-state index in [0.717, 1.165) is 207 Å². The number of thiophene rings is 2. The van der Waals surface area contributed by atoms with E-state index >= 15 is 0 Å². The first-order valence-corrected chi connectivity index (χ1v) is 43.9. The maximum Gasteiger partial charge on any atom is 0.164 e. The predicted octanol–water partition coefficient (Wildman–Crippen LogP) is 32.3. The summed E-state index contributed by atoms with van der Waals surface area (Å²) in [4.78, 5) is 32.6. The van der Waals surface area contributed by atoms with Gasteiger partial charge in [-0.1, -0.05) is 249 Å². The number of furan rings is 4. The van der Waals surface area contributed by atoms with Gasteiger partial charge in [-0.2, -0.15) is 0 Å². The van der Waals surface area contributed by atoms with E-state index in [9.17, 15) is 0 Å². The molecule has 0 saturated heterocycles. The Morgan fingerprint density at radius 1 is 0.151 bits per heavy atom. The lowest BCUT2D eigenvalue weighted by Gasteiger charge is -2.14. The first-order chi connectivity index (χ1) is 62.4. The van der Waals surface area contributed by atoms with Crippen molar-refractivity contribution in [2.45, 2.75) is 0 Å². The van der Waals surface area contributed by atoms with Crippen LogP contribution in [-0.4, -0.2) is 29.9 Å². The van der Waals surface area contributed by atoms with Crippen LogP contribution in [0, 0.1) is 0 Å². The van der Waals surface area contributed by atoms with Crippen molar-refractivity contribution in [1.82, 2.24) is 29.9 Å². The highest BCUT2D eigenvalue weighted by atomic mass is 32.1. The Labute approximate surface area is 723 Å². The molecule has 0 atom stereocenters. The lowest BCUT2D eigenvalue weighted by atomic mass is 9.91. The fourth-order valence-corrected chi connectivity index (χ4v) is 22.5. The fraction of sp³-hybridized carbons (Fsp3) is 0. The lowest BCUT2D eigenvalue weighted by Crippen LogP contribution is -2.00. The van der Waals surface area contributed by atoms with Crippen LogP contribution in [0.2, 0.25) is 0 Å². The summed E-state index contributed by atoms with van der Waals surface area (Å²) in [6.45, 7) is 0. The molecule has 0 fully saturated rings. The lowest BCUT2D eigenvalue weighted by molar-refractivity contribution is 0.668. The summed E-state index contributed by atoms with van der Waals surface area (Å²) in [5, 5.41) is 26.9. The predicted molar refractivity (Wildman–Crippen MR) is 522 cm³/mol. The zero-order valence-electron chi connectivity index (χ0n) is 66.8. The molecule has 28 rings (SSSR count). The number of rotatable bonds is 9. The molecule has 0 amide bonds. The average Bonchev–Trinajstić information content (AvgIpc) is 1.45. The second-order valence-electron chi connectivity index (χ2n) is 32.9. The molecule has 12 heteroatoms. The number of benzene rings is 20. The molecule has 0 aliphatic rings. The molecule has 126 heavy (non-hydrogen) atoms. The minimum atomic E-state index is 0.558. The SMILES string of the molecule is c1ccc2c(c1)oc1cc(-c3ccc4sc5cc(-c6nc(-c7ccc8c9ccccc9c9cc(-c%10ccc%11c(c%10)oc%10cccc(-c%12cccc%13c%12sc%12ccc(-c%14nc(-c%15ccc%16c%17ccccc%17c%17ccccc%17c%16c%15)nc(-c%15cccc%16oc%17ccccc%17c%15%16)n%14)cc%12%13)c%10%11)ccc9c8c7)nc(-c7cccc8oc9ccccc9c78)n6)ccc5c4c3)ccc12. The topological polar surface area (TPSA) is 130 Å². The maximum atomic E-state index is 6.99. The van der Waals surface area contributed by atoms with Gasteiger partial charge in [-0.25, -0.2) is 29.9 Å². The minimum Gasteiger partial charge on any atom is -0.456 e. The summed E-state index contributed by atoms with van der Waals surface area (Å²) in [6, 6.07) is 130. The minimum absolute atomic E-state index is 0.558. The molecule has 28 aromatic rings. The van der Waals surface area contributed by atoms with E-state index in [4.69, 9.17) is 47.6 Å². The van der Waals surface area contributed by atoms with Gasteiger partial charge in [-0.3, -0.25) is 0 Å². The molecule has 0 bridgehead atoms. The van der Waals surface area contributed by atoms with Crippen LogP contribution in [0.1, 0.15) is 0 Å². The van der Waals surface area contributed by atoms with Gasteiger partial charge < -0.3 is 17.7 Å². The van der Waals surface area contributed by atoms with Gasteiger partial charge in [0, 0.05) is 122 Å². The second-order valence-corrected chi connectivity index (χ2v) is 35.0. The monoisotopic (exact) mass is 1640 g/mol. The summed E-state index contributed by atoms with van der Waals surface area (Å²) in [5.41, 5.74) is 18.5. The summed E-state index contributed by atoms with van der Waals surface area (Å²) < 4.78 is 31.0. The Balaban J connectivity index is 0.539. The molecule has 8 aromatic heterocycles. The van der Waals surface area contributed by atoms with Crippen molar-refractivity contribution in [2.24, 2.45) is 0 Å². The van der Waals surface area contributed by atoms with E-state index in [1.807, 2.05) is 60.7 Å². The Morgan fingerprint density at radius 3 is 0.976 bits per heavy atom. The molecule has 10 nitrogen and oxygen atoms in total. The molecule has 0 spiro atoms. The molecule has 0 N–H and O–H groups in total. The molecule has 8 heterocycles. The van der Waals surface area contributed by atoms with Gasteiger partial charge >= 0.3 is 0 Å². The number of hydrogen-bond donors (Lipinski definition) is 0. The Morgan fingerprint density at radius 2 is 0.437 bits per heavy atom. The van der Waals surface area contributed by atoms with E-state index < -0.39 is 0 Å². The van der Waals surface area contributed by atoms with Crippen LogP contribution in [0.4, 0.5) is 0 Å². The molecular weight excluding hydrogens is 1580 g/mol. The molecule has 0 saturated carbocycles. The normalized spacial score (nSPS) is 12.3. The highest BCUT2D eigenvalue weighted by Gasteiger charge is 2.26. The van der Waals surface area contributed by atoms with Gasteiger partial charge in [-0.15, -0.1) is 22.7 Å². The summed E-state index contributed by atoms with van der Waals surface area (Å²) in [7, 11) is 0. The molecule has 0 aliphatic carbocycles. The zero-order chi connectivity index (χ0) is 82.1. The van der Waals surface area contributed by atoms with Crippen molar-refractivity contribution >= 4 is 215 Å². The molecule has 0 radical (unpaired) electrons. The third kappa shape index (κ3) is 10.5. The highest BCUT2D eigenvalue weighted by molar-refractivity contribution is 7.26. The van der Waals surface area contributed by atoms with E-state index in [-0.39, 0.29) is 0 Å². The number of fused-ring (bicyclic) bond motifs is 30. The van der Waals surface area contributed by atoms with Crippen LogP contribution >= 0.6 is 22.7 Å². The summed E-state index contributed by atoms with van der Waals surface area (Å²) in [6.07, 6.45) is 0.